The third-order valence-corrected chi connectivity index (χ3v) is 2.52. The molecule has 0 aliphatic heterocycles. The second-order valence-corrected chi connectivity index (χ2v) is 4.74. The van der Waals surface area contributed by atoms with Crippen LogP contribution >= 0.6 is 11.6 Å². The second kappa shape index (κ2) is 8.27. The Kier molecular flexibility index (Phi) is 6.98. The summed E-state index contributed by atoms with van der Waals surface area (Å²) in [5.74, 6) is 1.44. The minimum absolute atomic E-state index is 0.229. The van der Waals surface area contributed by atoms with Gasteiger partial charge in [0.05, 0.1) is 6.61 Å². The third kappa shape index (κ3) is 5.65. The van der Waals surface area contributed by atoms with Crippen molar-refractivity contribution in [3.8, 4) is 5.88 Å². The largest absolute Gasteiger partial charge is 0.475 e. The monoisotopic (exact) mass is 272 g/mol. The molecule has 0 aromatic carbocycles. The molecule has 0 radical (unpaired) electrons. The number of nitrogens with zero attached hydrogens (tertiary/aromatic N) is 2. The summed E-state index contributed by atoms with van der Waals surface area (Å²) in [4.78, 5) is 8.44. The summed E-state index contributed by atoms with van der Waals surface area (Å²) in [6.07, 6.45) is 2.22. The smallest absolute Gasteiger partial charge is 0.218 e. The SMILES string of the molecule is CCCCOCCOc1cc(Cl)nc(C(C)C)n1. The van der Waals surface area contributed by atoms with Crippen LogP contribution in [0.25, 0.3) is 0 Å². The molecule has 5 heteroatoms. The third-order valence-electron chi connectivity index (χ3n) is 2.32. The van der Waals surface area contributed by atoms with Gasteiger partial charge in [-0.05, 0) is 6.42 Å². The van der Waals surface area contributed by atoms with Gasteiger partial charge >= 0.3 is 0 Å². The van der Waals surface area contributed by atoms with Crippen molar-refractivity contribution < 1.29 is 9.47 Å². The molecule has 0 bridgehead atoms. The molecule has 4 nitrogen and oxygen atoms in total. The Morgan fingerprint density at radius 1 is 1.22 bits per heavy atom. The first-order valence-corrected chi connectivity index (χ1v) is 6.76. The van der Waals surface area contributed by atoms with Crippen molar-refractivity contribution in [2.24, 2.45) is 0 Å². The molecule has 0 aliphatic rings. The van der Waals surface area contributed by atoms with E-state index in [9.17, 15) is 0 Å². The van der Waals surface area contributed by atoms with E-state index in [4.69, 9.17) is 21.1 Å². The summed E-state index contributed by atoms with van der Waals surface area (Å²) in [5.41, 5.74) is 0. The van der Waals surface area contributed by atoms with Gasteiger partial charge in [0.25, 0.3) is 0 Å². The molecule has 18 heavy (non-hydrogen) atoms. The Bertz CT molecular complexity index is 359. The fourth-order valence-corrected chi connectivity index (χ4v) is 1.48. The average molecular weight is 273 g/mol. The van der Waals surface area contributed by atoms with E-state index < -0.39 is 0 Å². The lowest BCUT2D eigenvalue weighted by molar-refractivity contribution is 0.0963. The van der Waals surface area contributed by atoms with E-state index in [0.717, 1.165) is 19.4 Å². The van der Waals surface area contributed by atoms with Crippen molar-refractivity contribution in [1.82, 2.24) is 9.97 Å². The van der Waals surface area contributed by atoms with Gasteiger partial charge < -0.3 is 9.47 Å². The van der Waals surface area contributed by atoms with Gasteiger partial charge in [-0.25, -0.2) is 4.98 Å². The zero-order valence-electron chi connectivity index (χ0n) is 11.3. The van der Waals surface area contributed by atoms with Crippen LogP contribution in [0, 0.1) is 0 Å². The molecule has 0 N–H and O–H groups in total. The molecular formula is C13H21ClN2O2. The highest BCUT2D eigenvalue weighted by Gasteiger charge is 2.07. The standard InChI is InChI=1S/C13H21ClN2O2/c1-4-5-6-17-7-8-18-12-9-11(14)15-13(16-12)10(2)3/h9-10H,4-8H2,1-3H3. The van der Waals surface area contributed by atoms with E-state index in [1.54, 1.807) is 6.07 Å². The normalized spacial score (nSPS) is 10.9. The molecule has 0 saturated carbocycles. The van der Waals surface area contributed by atoms with Crippen LogP contribution in [0.1, 0.15) is 45.4 Å². The fraction of sp³-hybridized carbons (Fsp3) is 0.692. The van der Waals surface area contributed by atoms with Crippen molar-refractivity contribution in [2.75, 3.05) is 19.8 Å². The Morgan fingerprint density at radius 2 is 2.00 bits per heavy atom. The summed E-state index contributed by atoms with van der Waals surface area (Å²) in [5, 5.41) is 0.413. The summed E-state index contributed by atoms with van der Waals surface area (Å²) in [6, 6.07) is 1.62. The predicted octanol–water partition coefficient (Wildman–Crippen LogP) is 3.45. The van der Waals surface area contributed by atoms with Crippen molar-refractivity contribution in [3.63, 3.8) is 0 Å². The second-order valence-electron chi connectivity index (χ2n) is 4.36. The van der Waals surface area contributed by atoms with Crippen molar-refractivity contribution in [2.45, 2.75) is 39.5 Å². The first-order valence-electron chi connectivity index (χ1n) is 6.38. The van der Waals surface area contributed by atoms with E-state index >= 15 is 0 Å². The lowest BCUT2D eigenvalue weighted by Crippen LogP contribution is -2.09. The summed E-state index contributed by atoms with van der Waals surface area (Å²) < 4.78 is 10.9. The lowest BCUT2D eigenvalue weighted by atomic mass is 10.2. The van der Waals surface area contributed by atoms with Crippen LogP contribution in [0.15, 0.2) is 6.07 Å². The Labute approximate surface area is 114 Å². The predicted molar refractivity (Wildman–Crippen MR) is 72.4 cm³/mol. The number of rotatable bonds is 8. The van der Waals surface area contributed by atoms with Gasteiger partial charge in [-0.15, -0.1) is 0 Å². The minimum atomic E-state index is 0.229. The topological polar surface area (TPSA) is 44.2 Å². The molecule has 0 saturated heterocycles. The van der Waals surface area contributed by atoms with Crippen LogP contribution in [-0.4, -0.2) is 29.8 Å². The molecule has 1 aromatic heterocycles. The molecule has 1 rings (SSSR count). The van der Waals surface area contributed by atoms with Crippen LogP contribution in [0.5, 0.6) is 5.88 Å². The van der Waals surface area contributed by atoms with Gasteiger partial charge in [-0.3, -0.25) is 0 Å². The van der Waals surface area contributed by atoms with E-state index in [2.05, 4.69) is 16.9 Å². The number of hydrogen-bond donors (Lipinski definition) is 0. The molecule has 0 atom stereocenters. The Morgan fingerprint density at radius 3 is 2.67 bits per heavy atom. The van der Waals surface area contributed by atoms with Gasteiger partial charge in [0.15, 0.2) is 0 Å². The quantitative estimate of drug-likeness (QED) is 0.537. The zero-order valence-corrected chi connectivity index (χ0v) is 12.0. The highest BCUT2D eigenvalue weighted by molar-refractivity contribution is 6.29. The Balaban J connectivity index is 2.37. The van der Waals surface area contributed by atoms with Crippen LogP contribution < -0.4 is 4.74 Å². The number of unbranched alkanes of at least 4 members (excludes halogenated alkanes) is 1. The van der Waals surface area contributed by atoms with Crippen molar-refractivity contribution in [1.29, 1.82) is 0 Å². The average Bonchev–Trinajstić information content (AvgIpc) is 2.33. The van der Waals surface area contributed by atoms with Gasteiger partial charge in [0, 0.05) is 18.6 Å². The zero-order chi connectivity index (χ0) is 13.4. The molecule has 102 valence electrons. The molecule has 0 unspecified atom stereocenters. The van der Waals surface area contributed by atoms with Gasteiger partial charge in [0.1, 0.15) is 17.6 Å². The van der Waals surface area contributed by atoms with Crippen molar-refractivity contribution in [3.05, 3.63) is 17.0 Å². The van der Waals surface area contributed by atoms with E-state index in [0.29, 0.717) is 30.1 Å². The van der Waals surface area contributed by atoms with E-state index in [-0.39, 0.29) is 5.92 Å². The first kappa shape index (κ1) is 15.2. The molecule has 1 heterocycles. The van der Waals surface area contributed by atoms with Crippen LogP contribution in [-0.2, 0) is 4.74 Å². The van der Waals surface area contributed by atoms with E-state index in [1.807, 2.05) is 13.8 Å². The highest BCUT2D eigenvalue weighted by atomic mass is 35.5. The number of aromatic nitrogens is 2. The Hall–Kier alpha value is -0.870. The molecule has 0 aliphatic carbocycles. The lowest BCUT2D eigenvalue weighted by Gasteiger charge is -2.09. The molecule has 1 aromatic rings. The summed E-state index contributed by atoms with van der Waals surface area (Å²) in [6.45, 7) is 8.00. The number of ether oxygens (including phenoxy) is 2. The van der Waals surface area contributed by atoms with Crippen LogP contribution in [0.4, 0.5) is 0 Å². The molecule has 0 spiro atoms. The summed E-state index contributed by atoms with van der Waals surface area (Å²) >= 11 is 5.91. The van der Waals surface area contributed by atoms with E-state index in [1.165, 1.54) is 0 Å². The fourth-order valence-electron chi connectivity index (χ4n) is 1.30. The van der Waals surface area contributed by atoms with Gasteiger partial charge in [-0.1, -0.05) is 38.8 Å². The highest BCUT2D eigenvalue weighted by Crippen LogP contribution is 2.18. The maximum Gasteiger partial charge on any atom is 0.218 e. The van der Waals surface area contributed by atoms with Crippen LogP contribution in [0.3, 0.4) is 0 Å². The first-order chi connectivity index (χ1) is 8.63. The maximum absolute atomic E-state index is 5.91. The summed E-state index contributed by atoms with van der Waals surface area (Å²) in [7, 11) is 0. The molecule has 0 fully saturated rings. The van der Waals surface area contributed by atoms with Gasteiger partial charge in [0.2, 0.25) is 5.88 Å². The maximum atomic E-state index is 5.91. The number of hydrogen-bond acceptors (Lipinski definition) is 4. The minimum Gasteiger partial charge on any atom is -0.475 e. The van der Waals surface area contributed by atoms with Crippen LogP contribution in [0.2, 0.25) is 5.15 Å². The van der Waals surface area contributed by atoms with Crippen molar-refractivity contribution >= 4 is 11.6 Å². The number of halogens is 1. The van der Waals surface area contributed by atoms with Gasteiger partial charge in [-0.2, -0.15) is 4.98 Å². The molecular weight excluding hydrogens is 252 g/mol. The molecule has 0 amide bonds.